The van der Waals surface area contributed by atoms with Crippen molar-refractivity contribution in [2.45, 2.75) is 25.1 Å². The molecule has 0 saturated carbocycles. The third-order valence-corrected chi connectivity index (χ3v) is 4.36. The summed E-state index contributed by atoms with van der Waals surface area (Å²) in [6.07, 6.45) is 0.461. The predicted molar refractivity (Wildman–Crippen MR) is 80.5 cm³/mol. The maximum atomic E-state index is 11.9. The third-order valence-electron chi connectivity index (χ3n) is 3.69. The van der Waals surface area contributed by atoms with Gasteiger partial charge in [0.15, 0.2) is 0 Å². The highest BCUT2D eigenvalue weighted by Crippen LogP contribution is 2.20. The van der Waals surface area contributed by atoms with Crippen LogP contribution in [0.25, 0.3) is 4.96 Å². The summed E-state index contributed by atoms with van der Waals surface area (Å²) in [5.74, 6) is 0. The largest absolute Gasteiger partial charge is 0.392 e. The molecule has 0 aliphatic carbocycles. The van der Waals surface area contributed by atoms with Crippen LogP contribution < -0.4 is 5.56 Å². The Kier molecular flexibility index (Phi) is 4.03. The molecule has 8 heteroatoms. The zero-order valence-electron chi connectivity index (χ0n) is 12.1. The second-order valence-corrected chi connectivity index (χ2v) is 6.57. The number of aliphatic hydroxyl groups is 1. The maximum Gasteiger partial charge on any atom is 0.275 e. The number of fused-ring (bicyclic) bond motifs is 1. The average molecular weight is 309 g/mol. The van der Waals surface area contributed by atoms with Crippen molar-refractivity contribution in [1.82, 2.24) is 24.4 Å². The van der Waals surface area contributed by atoms with Crippen LogP contribution in [0.5, 0.6) is 0 Å². The number of nitrogens with zero attached hydrogens (tertiary/aromatic N) is 5. The Morgan fingerprint density at radius 1 is 1.52 bits per heavy atom. The van der Waals surface area contributed by atoms with E-state index in [0.29, 0.717) is 18.1 Å². The summed E-state index contributed by atoms with van der Waals surface area (Å²) in [4.78, 5) is 21.4. The van der Waals surface area contributed by atoms with Gasteiger partial charge in [-0.2, -0.15) is 9.61 Å². The van der Waals surface area contributed by atoms with Crippen LogP contribution in [-0.2, 0) is 6.54 Å². The minimum Gasteiger partial charge on any atom is -0.392 e. The maximum absolute atomic E-state index is 11.9. The van der Waals surface area contributed by atoms with Crippen LogP contribution >= 0.6 is 11.3 Å². The molecule has 2 atom stereocenters. The number of likely N-dealkylation sites (tertiary alicyclic amines) is 1. The Bertz CT molecular complexity index is 682. The lowest BCUT2D eigenvalue weighted by atomic mass is 10.2. The van der Waals surface area contributed by atoms with Gasteiger partial charge in [0.1, 0.15) is 5.51 Å². The van der Waals surface area contributed by atoms with Gasteiger partial charge in [-0.05, 0) is 20.5 Å². The van der Waals surface area contributed by atoms with Crippen molar-refractivity contribution in [3.8, 4) is 0 Å². The van der Waals surface area contributed by atoms with E-state index in [1.807, 2.05) is 14.1 Å². The minimum atomic E-state index is -0.303. The van der Waals surface area contributed by atoms with Gasteiger partial charge in [0.25, 0.3) is 5.56 Å². The lowest BCUT2D eigenvalue weighted by molar-refractivity contribution is 0.168. The second kappa shape index (κ2) is 5.80. The fourth-order valence-corrected chi connectivity index (χ4v) is 3.50. The number of β-amino-alcohol motifs (C(OH)–C–C–N with tert-alkyl or cyclic N) is 1. The lowest BCUT2D eigenvalue weighted by Gasteiger charge is -2.26. The molecule has 0 aromatic carbocycles. The SMILES string of the molecule is CN(C)CC1CC(O)CN1Cc1cc(=O)n2ncsc2n1. The van der Waals surface area contributed by atoms with E-state index in [2.05, 4.69) is 19.9 Å². The molecule has 3 rings (SSSR count). The molecule has 0 amide bonds. The summed E-state index contributed by atoms with van der Waals surface area (Å²) >= 11 is 1.35. The van der Waals surface area contributed by atoms with E-state index in [1.54, 1.807) is 5.51 Å². The molecule has 21 heavy (non-hydrogen) atoms. The van der Waals surface area contributed by atoms with E-state index in [9.17, 15) is 9.90 Å². The molecule has 1 aliphatic rings. The van der Waals surface area contributed by atoms with Gasteiger partial charge in [-0.1, -0.05) is 11.3 Å². The van der Waals surface area contributed by atoms with Crippen molar-refractivity contribution in [3.63, 3.8) is 0 Å². The van der Waals surface area contributed by atoms with Crippen LogP contribution in [0.1, 0.15) is 12.1 Å². The molecule has 1 aliphatic heterocycles. The number of aliphatic hydroxyl groups excluding tert-OH is 1. The van der Waals surface area contributed by atoms with Gasteiger partial charge in [0, 0.05) is 31.7 Å². The van der Waals surface area contributed by atoms with Gasteiger partial charge >= 0.3 is 0 Å². The average Bonchev–Trinajstić information content (AvgIpc) is 2.96. The van der Waals surface area contributed by atoms with Gasteiger partial charge in [-0.3, -0.25) is 9.69 Å². The van der Waals surface area contributed by atoms with E-state index < -0.39 is 0 Å². The summed E-state index contributed by atoms with van der Waals surface area (Å²) in [6, 6.07) is 1.82. The zero-order valence-corrected chi connectivity index (χ0v) is 13.0. The highest BCUT2D eigenvalue weighted by Gasteiger charge is 2.31. The highest BCUT2D eigenvalue weighted by atomic mass is 32.1. The quantitative estimate of drug-likeness (QED) is 0.832. The summed E-state index contributed by atoms with van der Waals surface area (Å²) < 4.78 is 1.31. The van der Waals surface area contributed by atoms with Crippen molar-refractivity contribution in [3.05, 3.63) is 27.6 Å². The lowest BCUT2D eigenvalue weighted by Crippen LogP contribution is -2.37. The van der Waals surface area contributed by atoms with Gasteiger partial charge in [0.2, 0.25) is 4.96 Å². The van der Waals surface area contributed by atoms with Crippen LogP contribution in [-0.4, -0.2) is 68.8 Å². The second-order valence-electron chi connectivity index (χ2n) is 5.75. The zero-order chi connectivity index (χ0) is 15.0. The minimum absolute atomic E-state index is 0.153. The molecule has 0 spiro atoms. The number of rotatable bonds is 4. The molecular weight excluding hydrogens is 290 g/mol. The molecule has 0 radical (unpaired) electrons. The number of hydrogen-bond donors (Lipinski definition) is 1. The molecule has 114 valence electrons. The van der Waals surface area contributed by atoms with Gasteiger partial charge < -0.3 is 10.0 Å². The molecule has 1 N–H and O–H groups in total. The molecule has 3 heterocycles. The first-order chi connectivity index (χ1) is 10.0. The van der Waals surface area contributed by atoms with Crippen LogP contribution in [0.3, 0.4) is 0 Å². The Morgan fingerprint density at radius 3 is 3.10 bits per heavy atom. The number of likely N-dealkylation sites (N-methyl/N-ethyl adjacent to an activating group) is 1. The monoisotopic (exact) mass is 309 g/mol. The number of aromatic nitrogens is 3. The van der Waals surface area contributed by atoms with Gasteiger partial charge in [0.05, 0.1) is 11.8 Å². The van der Waals surface area contributed by atoms with Crippen LogP contribution in [0, 0.1) is 0 Å². The van der Waals surface area contributed by atoms with Crippen molar-refractivity contribution >= 4 is 16.3 Å². The van der Waals surface area contributed by atoms with Gasteiger partial charge in [-0.15, -0.1) is 0 Å². The fourth-order valence-electron chi connectivity index (χ4n) is 2.85. The molecule has 1 saturated heterocycles. The van der Waals surface area contributed by atoms with E-state index in [1.165, 1.54) is 21.9 Å². The number of hydrogen-bond acceptors (Lipinski definition) is 7. The standard InChI is InChI=1S/C13H19N5O2S/c1-16(2)6-10-4-11(19)7-17(10)5-9-3-12(20)18-13(15-9)21-8-14-18/h3,8,10-11,19H,4-7H2,1-2H3. The van der Waals surface area contributed by atoms with E-state index in [-0.39, 0.29) is 17.7 Å². The van der Waals surface area contributed by atoms with Gasteiger partial charge in [-0.25, -0.2) is 4.98 Å². The first kappa shape index (κ1) is 14.6. The predicted octanol–water partition coefficient (Wildman–Crippen LogP) is -0.352. The van der Waals surface area contributed by atoms with E-state index in [0.717, 1.165) is 18.7 Å². The molecule has 7 nitrogen and oxygen atoms in total. The molecular formula is C13H19N5O2S. The Labute approximate surface area is 126 Å². The Hall–Kier alpha value is -1.35. The summed E-state index contributed by atoms with van der Waals surface area (Å²) in [5.41, 5.74) is 2.20. The topological polar surface area (TPSA) is 74.0 Å². The summed E-state index contributed by atoms with van der Waals surface area (Å²) in [7, 11) is 4.05. The van der Waals surface area contributed by atoms with E-state index >= 15 is 0 Å². The molecule has 0 bridgehead atoms. The molecule has 1 fully saturated rings. The van der Waals surface area contributed by atoms with Crippen LogP contribution in [0.4, 0.5) is 0 Å². The normalized spacial score (nSPS) is 23.4. The summed E-state index contributed by atoms with van der Waals surface area (Å²) in [5, 5.41) is 13.9. The molecule has 2 unspecified atom stereocenters. The molecule has 2 aromatic heterocycles. The fraction of sp³-hybridized carbons (Fsp3) is 0.615. The van der Waals surface area contributed by atoms with Crippen molar-refractivity contribution in [1.29, 1.82) is 0 Å². The first-order valence-corrected chi connectivity index (χ1v) is 7.80. The van der Waals surface area contributed by atoms with Crippen molar-refractivity contribution < 1.29 is 5.11 Å². The third kappa shape index (κ3) is 3.13. The van der Waals surface area contributed by atoms with Crippen LogP contribution in [0.2, 0.25) is 0 Å². The summed E-state index contributed by atoms with van der Waals surface area (Å²) in [6.45, 7) is 2.10. The van der Waals surface area contributed by atoms with Crippen molar-refractivity contribution in [2.24, 2.45) is 0 Å². The smallest absolute Gasteiger partial charge is 0.275 e. The van der Waals surface area contributed by atoms with E-state index in [4.69, 9.17) is 0 Å². The highest BCUT2D eigenvalue weighted by molar-refractivity contribution is 7.14. The molecule has 2 aromatic rings. The van der Waals surface area contributed by atoms with Crippen LogP contribution in [0.15, 0.2) is 16.4 Å². The van der Waals surface area contributed by atoms with Crippen molar-refractivity contribution in [2.75, 3.05) is 27.2 Å². The first-order valence-electron chi connectivity index (χ1n) is 6.92. The Morgan fingerprint density at radius 2 is 2.33 bits per heavy atom. The Balaban J connectivity index is 1.81.